The fourth-order valence-electron chi connectivity index (χ4n) is 3.97. The Morgan fingerprint density at radius 2 is 1.64 bits per heavy atom. The summed E-state index contributed by atoms with van der Waals surface area (Å²) in [5.74, 6) is -0.732. The Labute approximate surface area is 190 Å². The normalized spacial score (nSPS) is 19.2. The number of hydrogen-bond donors (Lipinski definition) is 3. The van der Waals surface area contributed by atoms with E-state index in [0.717, 1.165) is 12.1 Å². The largest absolute Gasteiger partial charge is 0.456 e. The number of sulfonamides is 1. The topological polar surface area (TPSA) is 171 Å². The van der Waals surface area contributed by atoms with Crippen molar-refractivity contribution in [3.8, 4) is 0 Å². The van der Waals surface area contributed by atoms with E-state index in [4.69, 9.17) is 15.3 Å². The Hall–Kier alpha value is -3.25. The van der Waals surface area contributed by atoms with Crippen LogP contribution < -0.4 is 10.9 Å². The van der Waals surface area contributed by atoms with Gasteiger partial charge in [-0.15, -0.1) is 0 Å². The molecule has 0 spiro atoms. The summed E-state index contributed by atoms with van der Waals surface area (Å²) in [6, 6.07) is 13.4. The highest BCUT2D eigenvalue weighted by molar-refractivity contribution is 7.95. The van der Waals surface area contributed by atoms with Crippen LogP contribution in [-0.2, 0) is 24.7 Å². The van der Waals surface area contributed by atoms with E-state index >= 15 is 0 Å². The number of aliphatic hydroxyl groups is 1. The highest BCUT2D eigenvalue weighted by atomic mass is 32.2. The van der Waals surface area contributed by atoms with Crippen molar-refractivity contribution in [3.63, 3.8) is 0 Å². The number of carbonyl (C=O) groups is 1. The van der Waals surface area contributed by atoms with Crippen LogP contribution in [0, 0.1) is 0 Å². The zero-order chi connectivity index (χ0) is 24.0. The molecular formula is C22H20N2O7S2. The van der Waals surface area contributed by atoms with Gasteiger partial charge in [0.25, 0.3) is 0 Å². The van der Waals surface area contributed by atoms with Gasteiger partial charge in [-0.2, -0.15) is 0 Å². The lowest BCUT2D eigenvalue weighted by atomic mass is 9.85. The van der Waals surface area contributed by atoms with Gasteiger partial charge in [0.05, 0.1) is 11.5 Å². The molecule has 9 nitrogen and oxygen atoms in total. The van der Waals surface area contributed by atoms with Gasteiger partial charge in [0.1, 0.15) is 21.0 Å². The Balaban J connectivity index is 2.03. The van der Waals surface area contributed by atoms with E-state index in [1.54, 1.807) is 30.3 Å². The van der Waals surface area contributed by atoms with Crippen LogP contribution in [0.2, 0.25) is 0 Å². The van der Waals surface area contributed by atoms with Gasteiger partial charge in [-0.25, -0.2) is 22.0 Å². The number of carbonyl (C=O) groups excluding carboxylic acids is 1. The fraction of sp³-hybridized carbons (Fsp3) is 0.136. The van der Waals surface area contributed by atoms with Crippen LogP contribution in [0.15, 0.2) is 86.5 Å². The molecule has 1 aliphatic carbocycles. The molecule has 1 unspecified atom stereocenters. The first-order chi connectivity index (χ1) is 15.5. The zero-order valence-corrected chi connectivity index (χ0v) is 18.8. The number of primary sulfonamides is 1. The average molecular weight is 489 g/mol. The van der Waals surface area contributed by atoms with Crippen molar-refractivity contribution in [1.29, 1.82) is 0 Å². The molecule has 0 saturated heterocycles. The maximum atomic E-state index is 14.0. The summed E-state index contributed by atoms with van der Waals surface area (Å²) in [5.41, 5.74) is 5.89. The minimum absolute atomic E-state index is 0.0513. The number of para-hydroxylation sites is 1. The smallest absolute Gasteiger partial charge is 0.244 e. The third-order valence-corrected chi connectivity index (χ3v) is 9.20. The summed E-state index contributed by atoms with van der Waals surface area (Å²) < 4.78 is 56.1. The molecule has 1 heterocycles. The molecule has 11 heteroatoms. The number of fused-ring (bicyclic) bond motifs is 1. The van der Waals surface area contributed by atoms with E-state index in [0.29, 0.717) is 11.0 Å². The molecule has 172 valence electrons. The Morgan fingerprint density at radius 3 is 2.24 bits per heavy atom. The quantitative estimate of drug-likeness (QED) is 0.471. The summed E-state index contributed by atoms with van der Waals surface area (Å²) >= 11 is 0. The van der Waals surface area contributed by atoms with E-state index in [-0.39, 0.29) is 16.9 Å². The van der Waals surface area contributed by atoms with Crippen molar-refractivity contribution >= 4 is 42.3 Å². The molecule has 1 amide bonds. The third-order valence-electron chi connectivity index (χ3n) is 5.64. The Kier molecular flexibility index (Phi) is 5.53. The molecule has 1 atom stereocenters. The van der Waals surface area contributed by atoms with Gasteiger partial charge < -0.3 is 15.3 Å². The molecule has 1 aromatic heterocycles. The molecule has 0 bridgehead atoms. The lowest BCUT2D eigenvalue weighted by molar-refractivity contribution is -0.114. The van der Waals surface area contributed by atoms with Gasteiger partial charge in [0.15, 0.2) is 9.84 Å². The van der Waals surface area contributed by atoms with E-state index < -0.39 is 53.3 Å². The molecule has 0 aliphatic heterocycles. The zero-order valence-electron chi connectivity index (χ0n) is 17.1. The number of sulfone groups is 1. The van der Waals surface area contributed by atoms with Crippen LogP contribution in [0.5, 0.6) is 0 Å². The molecule has 2 aromatic carbocycles. The molecule has 4 rings (SSSR count). The minimum Gasteiger partial charge on any atom is -0.456 e. The minimum atomic E-state index is -4.67. The molecule has 1 aliphatic rings. The third kappa shape index (κ3) is 3.68. The second-order valence-corrected chi connectivity index (χ2v) is 11.4. The lowest BCUT2D eigenvalue weighted by Crippen LogP contribution is -2.46. The van der Waals surface area contributed by atoms with Crippen LogP contribution in [0.25, 0.3) is 16.5 Å². The van der Waals surface area contributed by atoms with E-state index in [2.05, 4.69) is 0 Å². The predicted molar refractivity (Wildman–Crippen MR) is 121 cm³/mol. The maximum absolute atomic E-state index is 14.0. The van der Waals surface area contributed by atoms with Crippen LogP contribution >= 0.6 is 0 Å². The SMILES string of the molecule is NC(=O)C1=CC=C(c2cc3ccccc3o2)C(CO)(S(=O)(=O)c2ccccc2S(N)(=O)=O)C1. The van der Waals surface area contributed by atoms with Crippen molar-refractivity contribution in [2.75, 3.05) is 6.61 Å². The number of allylic oxidation sites excluding steroid dienone is 2. The highest BCUT2D eigenvalue weighted by Gasteiger charge is 2.52. The number of benzene rings is 2. The van der Waals surface area contributed by atoms with Gasteiger partial charge in [0.2, 0.25) is 15.9 Å². The molecule has 5 N–H and O–H groups in total. The van der Waals surface area contributed by atoms with Crippen LogP contribution in [0.3, 0.4) is 0 Å². The first-order valence-corrected chi connectivity index (χ1v) is 12.7. The number of primary amides is 1. The summed E-state index contributed by atoms with van der Waals surface area (Å²) in [6.07, 6.45) is 2.21. The fourth-order valence-corrected chi connectivity index (χ4v) is 7.25. The summed E-state index contributed by atoms with van der Waals surface area (Å²) in [7, 11) is -9.11. The summed E-state index contributed by atoms with van der Waals surface area (Å²) in [6.45, 7) is -0.984. The number of furan rings is 1. The number of nitrogens with two attached hydrogens (primary N) is 2. The molecule has 3 aromatic rings. The van der Waals surface area contributed by atoms with Crippen molar-refractivity contribution < 1.29 is 31.2 Å². The second-order valence-electron chi connectivity index (χ2n) is 7.61. The number of aliphatic hydroxyl groups excluding tert-OH is 1. The lowest BCUT2D eigenvalue weighted by Gasteiger charge is -2.36. The van der Waals surface area contributed by atoms with E-state index in [1.807, 2.05) is 0 Å². The molecular weight excluding hydrogens is 468 g/mol. The maximum Gasteiger partial charge on any atom is 0.244 e. The van der Waals surface area contributed by atoms with E-state index in [9.17, 15) is 26.7 Å². The highest BCUT2D eigenvalue weighted by Crippen LogP contribution is 2.46. The Bertz CT molecular complexity index is 1520. The summed E-state index contributed by atoms with van der Waals surface area (Å²) in [4.78, 5) is 10.7. The van der Waals surface area contributed by atoms with Crippen LogP contribution in [-0.4, -0.2) is 39.2 Å². The second kappa shape index (κ2) is 7.96. The predicted octanol–water partition coefficient (Wildman–Crippen LogP) is 1.48. The van der Waals surface area contributed by atoms with Crippen molar-refractivity contribution in [2.45, 2.75) is 21.0 Å². The van der Waals surface area contributed by atoms with Gasteiger partial charge in [-0.3, -0.25) is 4.79 Å². The molecule has 0 saturated carbocycles. The average Bonchev–Trinajstić information content (AvgIpc) is 3.21. The number of rotatable bonds is 6. The van der Waals surface area contributed by atoms with E-state index in [1.165, 1.54) is 24.3 Å². The molecule has 0 fully saturated rings. The van der Waals surface area contributed by atoms with Gasteiger partial charge in [-0.1, -0.05) is 42.5 Å². The first kappa shape index (κ1) is 22.9. The first-order valence-electron chi connectivity index (χ1n) is 9.69. The van der Waals surface area contributed by atoms with Crippen molar-refractivity contribution in [1.82, 2.24) is 0 Å². The van der Waals surface area contributed by atoms with Gasteiger partial charge in [-0.05, 0) is 24.3 Å². The van der Waals surface area contributed by atoms with Gasteiger partial charge >= 0.3 is 0 Å². The number of hydrogen-bond acceptors (Lipinski definition) is 7. The summed E-state index contributed by atoms with van der Waals surface area (Å²) in [5, 5.41) is 16.5. The molecule has 33 heavy (non-hydrogen) atoms. The van der Waals surface area contributed by atoms with Crippen molar-refractivity contribution in [3.05, 3.63) is 78.1 Å². The molecule has 0 radical (unpaired) electrons. The van der Waals surface area contributed by atoms with Crippen LogP contribution in [0.4, 0.5) is 0 Å². The van der Waals surface area contributed by atoms with Crippen molar-refractivity contribution in [2.24, 2.45) is 10.9 Å². The Morgan fingerprint density at radius 1 is 1.00 bits per heavy atom. The van der Waals surface area contributed by atoms with Crippen LogP contribution in [0.1, 0.15) is 12.2 Å². The van der Waals surface area contributed by atoms with Gasteiger partial charge in [0, 0.05) is 23.0 Å². The number of amides is 1. The standard InChI is InChI=1S/C22H20N2O7S2/c23-21(26)15-9-10-16(18-11-14-5-1-2-6-17(14)31-18)22(12-15,13-25)32(27,28)19-7-3-4-8-20(19)33(24,29)30/h1-11,25H,12-13H2,(H2,23,26)(H2,24,29,30). The monoisotopic (exact) mass is 488 g/mol.